The van der Waals surface area contributed by atoms with Crippen molar-refractivity contribution < 1.29 is 14.0 Å². The number of hydrogen-bond acceptors (Lipinski definition) is 3. The topological polar surface area (TPSA) is 49.4 Å². The molecule has 1 atom stereocenters. The SMILES string of the molecule is CCCCNC(=O)[C@H](Cc1ccccc1)N(Cc1ccc(F)cc1)C(=O)CSCc1cc(C)cc(C)c1. The molecule has 0 heterocycles. The first-order valence-corrected chi connectivity index (χ1v) is 14.0. The summed E-state index contributed by atoms with van der Waals surface area (Å²) < 4.78 is 13.6. The smallest absolute Gasteiger partial charge is 0.243 e. The molecule has 0 bridgehead atoms. The summed E-state index contributed by atoms with van der Waals surface area (Å²) in [5.41, 5.74) is 5.35. The lowest BCUT2D eigenvalue weighted by Crippen LogP contribution is -2.51. The molecule has 37 heavy (non-hydrogen) atoms. The van der Waals surface area contributed by atoms with Crippen molar-refractivity contribution in [2.45, 2.75) is 58.4 Å². The number of carbonyl (C=O) groups is 2. The zero-order chi connectivity index (χ0) is 26.6. The summed E-state index contributed by atoms with van der Waals surface area (Å²) in [6, 6.07) is 21.6. The van der Waals surface area contributed by atoms with Crippen LogP contribution in [0.3, 0.4) is 0 Å². The fourth-order valence-corrected chi connectivity index (χ4v) is 5.18. The number of halogens is 1. The van der Waals surface area contributed by atoms with Gasteiger partial charge in [-0.1, -0.05) is 85.1 Å². The van der Waals surface area contributed by atoms with Gasteiger partial charge in [-0.15, -0.1) is 11.8 Å². The van der Waals surface area contributed by atoms with Crippen LogP contribution in [0.25, 0.3) is 0 Å². The molecule has 0 radical (unpaired) electrons. The molecule has 0 aliphatic rings. The molecule has 196 valence electrons. The molecular weight excluding hydrogens is 483 g/mol. The van der Waals surface area contributed by atoms with Crippen LogP contribution in [0.1, 0.15) is 47.6 Å². The van der Waals surface area contributed by atoms with Crippen LogP contribution in [0.4, 0.5) is 4.39 Å². The van der Waals surface area contributed by atoms with Crippen molar-refractivity contribution in [3.63, 3.8) is 0 Å². The Kier molecular flexibility index (Phi) is 11.2. The summed E-state index contributed by atoms with van der Waals surface area (Å²) in [5, 5.41) is 3.03. The maximum absolute atomic E-state index is 13.7. The maximum Gasteiger partial charge on any atom is 0.243 e. The van der Waals surface area contributed by atoms with Gasteiger partial charge < -0.3 is 10.2 Å². The van der Waals surface area contributed by atoms with Gasteiger partial charge in [-0.05, 0) is 49.1 Å². The van der Waals surface area contributed by atoms with Crippen LogP contribution in [0.5, 0.6) is 0 Å². The summed E-state index contributed by atoms with van der Waals surface area (Å²) in [4.78, 5) is 28.7. The third kappa shape index (κ3) is 9.36. The van der Waals surface area contributed by atoms with Gasteiger partial charge >= 0.3 is 0 Å². The molecule has 0 aromatic heterocycles. The van der Waals surface area contributed by atoms with E-state index in [2.05, 4.69) is 44.3 Å². The zero-order valence-electron chi connectivity index (χ0n) is 22.0. The first-order valence-electron chi connectivity index (χ1n) is 12.9. The number of amides is 2. The lowest BCUT2D eigenvalue weighted by molar-refractivity contribution is -0.139. The molecule has 0 aliphatic heterocycles. The number of carbonyl (C=O) groups excluding carboxylic acids is 2. The average molecular weight is 521 g/mol. The second kappa shape index (κ2) is 14.6. The largest absolute Gasteiger partial charge is 0.354 e. The molecule has 0 fully saturated rings. The van der Waals surface area contributed by atoms with Crippen LogP contribution in [0.15, 0.2) is 72.8 Å². The van der Waals surface area contributed by atoms with E-state index < -0.39 is 6.04 Å². The van der Waals surface area contributed by atoms with Crippen LogP contribution in [-0.4, -0.2) is 35.1 Å². The maximum atomic E-state index is 13.7. The second-order valence-corrected chi connectivity index (χ2v) is 10.5. The number of hydrogen-bond donors (Lipinski definition) is 1. The van der Waals surface area contributed by atoms with Crippen LogP contribution in [0, 0.1) is 19.7 Å². The molecule has 1 N–H and O–H groups in total. The fraction of sp³-hybridized carbons (Fsp3) is 0.355. The Morgan fingerprint density at radius 3 is 2.24 bits per heavy atom. The molecule has 0 spiro atoms. The van der Waals surface area contributed by atoms with Crippen molar-refractivity contribution in [1.29, 1.82) is 0 Å². The molecule has 3 aromatic rings. The molecule has 0 saturated carbocycles. The first kappa shape index (κ1) is 28.5. The highest BCUT2D eigenvalue weighted by Gasteiger charge is 2.30. The molecule has 2 amide bonds. The van der Waals surface area contributed by atoms with Crippen LogP contribution < -0.4 is 5.32 Å². The first-order chi connectivity index (χ1) is 17.9. The van der Waals surface area contributed by atoms with Gasteiger partial charge in [0.1, 0.15) is 11.9 Å². The average Bonchev–Trinajstić information content (AvgIpc) is 2.87. The minimum atomic E-state index is -0.668. The second-order valence-electron chi connectivity index (χ2n) is 9.49. The van der Waals surface area contributed by atoms with Gasteiger partial charge in [-0.3, -0.25) is 9.59 Å². The minimum absolute atomic E-state index is 0.106. The van der Waals surface area contributed by atoms with Crippen LogP contribution in [-0.2, 0) is 28.3 Å². The molecule has 3 aromatic carbocycles. The third-order valence-corrected chi connectivity index (χ3v) is 7.13. The summed E-state index contributed by atoms with van der Waals surface area (Å²) in [6.45, 7) is 7.03. The van der Waals surface area contributed by atoms with Crippen molar-refractivity contribution >= 4 is 23.6 Å². The summed E-state index contributed by atoms with van der Waals surface area (Å²) >= 11 is 1.55. The van der Waals surface area contributed by atoms with Crippen LogP contribution in [0.2, 0.25) is 0 Å². The highest BCUT2D eigenvalue weighted by molar-refractivity contribution is 7.99. The lowest BCUT2D eigenvalue weighted by atomic mass is 10.0. The predicted molar refractivity (Wildman–Crippen MR) is 151 cm³/mol. The van der Waals surface area contributed by atoms with Crippen molar-refractivity contribution in [1.82, 2.24) is 10.2 Å². The lowest BCUT2D eigenvalue weighted by Gasteiger charge is -2.31. The van der Waals surface area contributed by atoms with Gasteiger partial charge in [-0.2, -0.15) is 0 Å². The molecule has 0 saturated heterocycles. The predicted octanol–water partition coefficient (Wildman–Crippen LogP) is 6.23. The highest BCUT2D eigenvalue weighted by atomic mass is 32.2. The van der Waals surface area contributed by atoms with Crippen molar-refractivity contribution in [2.75, 3.05) is 12.3 Å². The zero-order valence-corrected chi connectivity index (χ0v) is 22.8. The summed E-state index contributed by atoms with van der Waals surface area (Å²) in [7, 11) is 0. The van der Waals surface area contributed by atoms with Gasteiger partial charge in [0.15, 0.2) is 0 Å². The Labute approximate surface area is 224 Å². The third-order valence-electron chi connectivity index (χ3n) is 6.14. The van der Waals surface area contributed by atoms with Gasteiger partial charge in [0.2, 0.25) is 11.8 Å². The van der Waals surface area contributed by atoms with E-state index in [0.29, 0.717) is 18.7 Å². The monoisotopic (exact) mass is 520 g/mol. The number of unbranched alkanes of at least 4 members (excludes halogenated alkanes) is 1. The van der Waals surface area contributed by atoms with Crippen molar-refractivity contribution in [3.8, 4) is 0 Å². The Balaban J connectivity index is 1.82. The van der Waals surface area contributed by atoms with E-state index in [0.717, 1.165) is 24.0 Å². The van der Waals surface area contributed by atoms with Crippen molar-refractivity contribution in [2.24, 2.45) is 0 Å². The van der Waals surface area contributed by atoms with E-state index in [4.69, 9.17) is 0 Å². The molecule has 0 aliphatic carbocycles. The number of nitrogens with one attached hydrogen (secondary N) is 1. The number of aryl methyl sites for hydroxylation is 2. The molecule has 4 nitrogen and oxygen atoms in total. The van der Waals surface area contributed by atoms with Gasteiger partial charge in [0.25, 0.3) is 0 Å². The van der Waals surface area contributed by atoms with Gasteiger partial charge in [0, 0.05) is 25.3 Å². The fourth-order valence-electron chi connectivity index (χ4n) is 4.34. The summed E-state index contributed by atoms with van der Waals surface area (Å²) in [6.07, 6.45) is 2.26. The normalized spacial score (nSPS) is 11.7. The number of thioether (sulfide) groups is 1. The Morgan fingerprint density at radius 1 is 0.919 bits per heavy atom. The van der Waals surface area contributed by atoms with Gasteiger partial charge in [-0.25, -0.2) is 4.39 Å². The van der Waals surface area contributed by atoms with E-state index in [1.165, 1.54) is 28.8 Å². The quantitative estimate of drug-likeness (QED) is 0.272. The standard InChI is InChI=1S/C31H37FN2O2S/c1-4-5-15-33-31(36)29(19-25-9-7-6-8-10-25)34(20-26-11-13-28(32)14-12-26)30(35)22-37-21-27-17-23(2)16-24(3)18-27/h6-14,16-18,29H,4-5,15,19-22H2,1-3H3,(H,33,36)/t29-/m0/s1. The molecule has 0 unspecified atom stereocenters. The van der Waals surface area contributed by atoms with E-state index in [9.17, 15) is 14.0 Å². The van der Waals surface area contributed by atoms with Crippen molar-refractivity contribution in [3.05, 3.63) is 106 Å². The number of rotatable bonds is 13. The highest BCUT2D eigenvalue weighted by Crippen LogP contribution is 2.20. The molecular formula is C31H37FN2O2S. The van der Waals surface area contributed by atoms with E-state index in [1.807, 2.05) is 30.3 Å². The Hall–Kier alpha value is -3.12. The number of nitrogens with zero attached hydrogens (tertiary/aromatic N) is 1. The molecule has 3 rings (SSSR count). The van der Waals surface area contributed by atoms with E-state index in [-0.39, 0.29) is 29.9 Å². The van der Waals surface area contributed by atoms with E-state index >= 15 is 0 Å². The molecule has 6 heteroatoms. The van der Waals surface area contributed by atoms with E-state index in [1.54, 1.807) is 28.8 Å². The number of benzene rings is 3. The van der Waals surface area contributed by atoms with Crippen LogP contribution >= 0.6 is 11.8 Å². The summed E-state index contributed by atoms with van der Waals surface area (Å²) in [5.74, 6) is 0.369. The minimum Gasteiger partial charge on any atom is -0.354 e. The Morgan fingerprint density at radius 2 is 1.59 bits per heavy atom. The van der Waals surface area contributed by atoms with Gasteiger partial charge in [0.05, 0.1) is 5.75 Å². The Bertz CT molecular complexity index is 1130.